The number of allylic oxidation sites excluding steroid dienone is 14. The van der Waals surface area contributed by atoms with Crippen molar-refractivity contribution >= 4 is 17.9 Å². The van der Waals surface area contributed by atoms with Gasteiger partial charge in [-0.05, 0) is 89.9 Å². The lowest BCUT2D eigenvalue weighted by Crippen LogP contribution is -2.44. The van der Waals surface area contributed by atoms with E-state index in [0.717, 1.165) is 70.6 Å². The number of aliphatic carboxylic acids is 1. The molecule has 2 unspecified atom stereocenters. The lowest BCUT2D eigenvalue weighted by atomic mass is 10.0. The van der Waals surface area contributed by atoms with Crippen molar-refractivity contribution in [2.24, 2.45) is 0 Å². The number of carboxylic acid groups (broad SMARTS) is 1. The van der Waals surface area contributed by atoms with Gasteiger partial charge in [-0.1, -0.05) is 330 Å². The molecule has 2 atom stereocenters. The quantitative estimate of drug-likeness (QED) is 0.0195. The Labute approximate surface area is 550 Å². The van der Waals surface area contributed by atoms with Crippen LogP contribution >= 0.6 is 0 Å². The Kier molecular flexibility index (Phi) is 67.6. The smallest absolute Gasteiger partial charge is 0.306 e. The molecule has 0 rings (SSSR count). The van der Waals surface area contributed by atoms with Crippen molar-refractivity contribution in [2.45, 2.75) is 360 Å². The van der Waals surface area contributed by atoms with Crippen LogP contribution in [0.3, 0.4) is 0 Å². The van der Waals surface area contributed by atoms with Gasteiger partial charge < -0.3 is 33.3 Å². The van der Waals surface area contributed by atoms with Gasteiger partial charge in [0, 0.05) is 12.8 Å². The zero-order valence-corrected chi connectivity index (χ0v) is 59.0. The Balaban J connectivity index is 4.04. The fourth-order valence-electron chi connectivity index (χ4n) is 10.9. The van der Waals surface area contributed by atoms with E-state index >= 15 is 0 Å². The number of quaternary nitrogens is 1. The molecular formula is C80H143NO8. The summed E-state index contributed by atoms with van der Waals surface area (Å²) in [6, 6.07) is 0. The molecule has 0 amide bonds. The van der Waals surface area contributed by atoms with Gasteiger partial charge in [0.15, 0.2) is 12.4 Å². The molecule has 0 saturated carbocycles. The highest BCUT2D eigenvalue weighted by Gasteiger charge is 2.22. The standard InChI is InChI=1S/C80H143NO8/c1-6-8-10-12-14-16-18-20-22-24-26-28-30-32-34-36-38-39-41-42-44-46-48-50-52-54-56-58-60-62-64-66-68-70-77(82)87-74-76(75-88-80(79(84)85)86-73-72-81(3,4)5)89-78(83)71-69-67-65-63-61-59-57-55-53-51-49-47-45-43-40-37-35-33-31-29-27-25-23-21-19-17-15-13-11-9-7-2/h9,11,15,17-18,20-21,23-24,26-27,29-30,32,76,80H,6-8,10,12-14,16,19,22,25,28,31,33-75H2,1-5H3/b11-9-,17-15-,20-18-,23-21-,26-24-,29-27-,32-30-. The number of carboxylic acids is 1. The third kappa shape index (κ3) is 71.8. The third-order valence-electron chi connectivity index (χ3n) is 16.6. The summed E-state index contributed by atoms with van der Waals surface area (Å²) >= 11 is 0. The van der Waals surface area contributed by atoms with Gasteiger partial charge in [-0.15, -0.1) is 0 Å². The first-order valence-corrected chi connectivity index (χ1v) is 37.7. The van der Waals surface area contributed by atoms with Gasteiger partial charge in [-0.2, -0.15) is 0 Å². The molecule has 0 aliphatic carbocycles. The summed E-state index contributed by atoms with van der Waals surface area (Å²) in [6.45, 7) is 4.67. The van der Waals surface area contributed by atoms with Crippen LogP contribution in [0.4, 0.5) is 0 Å². The number of carbonyl (C=O) groups is 3. The maximum Gasteiger partial charge on any atom is 0.306 e. The van der Waals surface area contributed by atoms with E-state index in [2.05, 4.69) is 98.9 Å². The Bertz CT molecular complexity index is 1740. The summed E-state index contributed by atoms with van der Waals surface area (Å²) in [5.74, 6) is -2.26. The van der Waals surface area contributed by atoms with Gasteiger partial charge in [-0.25, -0.2) is 0 Å². The average Bonchev–Trinajstić information content (AvgIpc) is 3.64. The van der Waals surface area contributed by atoms with Crippen molar-refractivity contribution in [1.82, 2.24) is 0 Å². The van der Waals surface area contributed by atoms with E-state index < -0.39 is 24.3 Å². The lowest BCUT2D eigenvalue weighted by Gasteiger charge is -2.26. The Morgan fingerprint density at radius 3 is 0.955 bits per heavy atom. The van der Waals surface area contributed by atoms with Gasteiger partial charge in [0.25, 0.3) is 0 Å². The topological polar surface area (TPSA) is 111 Å². The first kappa shape index (κ1) is 85.5. The highest BCUT2D eigenvalue weighted by molar-refractivity contribution is 5.70. The molecule has 9 heteroatoms. The van der Waals surface area contributed by atoms with Crippen LogP contribution in [0.5, 0.6) is 0 Å². The summed E-state index contributed by atoms with van der Waals surface area (Å²) in [5.41, 5.74) is 0. The maximum absolute atomic E-state index is 13.0. The fraction of sp³-hybridized carbons (Fsp3) is 0.787. The molecule has 0 spiro atoms. The molecule has 9 nitrogen and oxygen atoms in total. The number of esters is 2. The number of hydrogen-bond donors (Lipinski definition) is 0. The Morgan fingerprint density at radius 2 is 0.640 bits per heavy atom. The molecule has 516 valence electrons. The number of ether oxygens (including phenoxy) is 4. The van der Waals surface area contributed by atoms with E-state index in [9.17, 15) is 19.5 Å². The Hall–Kier alpha value is -3.53. The van der Waals surface area contributed by atoms with Crippen molar-refractivity contribution in [1.29, 1.82) is 0 Å². The number of nitrogens with zero attached hydrogens (tertiary/aromatic N) is 1. The van der Waals surface area contributed by atoms with Crippen LogP contribution in [-0.4, -0.2) is 82.3 Å². The molecule has 0 radical (unpaired) electrons. The number of rotatable bonds is 70. The van der Waals surface area contributed by atoms with Crippen molar-refractivity contribution in [2.75, 3.05) is 47.5 Å². The SMILES string of the molecule is CC/C=C\C/C=C\C/C=C\C/C=C\CCCCCCCCCCCCCCCCCCCCC(=O)OC(COC(=O)CCCCCCCCCCCCCCCCCCCC/C=C\C/C=C\C/C=C\CCCCCCC)COC(OCC[N+](C)(C)C)C(=O)[O-]. The first-order chi connectivity index (χ1) is 43.6. The molecule has 89 heavy (non-hydrogen) atoms. The fourth-order valence-corrected chi connectivity index (χ4v) is 10.9. The van der Waals surface area contributed by atoms with Crippen LogP contribution in [0, 0.1) is 0 Å². The van der Waals surface area contributed by atoms with Crippen LogP contribution in [0.2, 0.25) is 0 Å². The number of likely N-dealkylation sites (N-methyl/N-ethyl adjacent to an activating group) is 1. The van der Waals surface area contributed by atoms with Crippen LogP contribution in [0.15, 0.2) is 85.1 Å². The van der Waals surface area contributed by atoms with Crippen molar-refractivity contribution in [3.8, 4) is 0 Å². The second-order valence-electron chi connectivity index (χ2n) is 26.6. The normalized spacial score (nSPS) is 13.1. The van der Waals surface area contributed by atoms with E-state index in [-0.39, 0.29) is 32.2 Å². The minimum absolute atomic E-state index is 0.148. The first-order valence-electron chi connectivity index (χ1n) is 37.7. The maximum atomic E-state index is 13.0. The summed E-state index contributed by atoms with van der Waals surface area (Å²) in [5, 5.41) is 11.8. The van der Waals surface area contributed by atoms with Crippen molar-refractivity contribution < 1.29 is 42.9 Å². The summed E-state index contributed by atoms with van der Waals surface area (Å²) in [4.78, 5) is 37.6. The van der Waals surface area contributed by atoms with E-state index in [1.54, 1.807) is 0 Å². The predicted molar refractivity (Wildman–Crippen MR) is 380 cm³/mol. The molecule has 0 heterocycles. The molecule has 0 aromatic rings. The summed E-state index contributed by atoms with van der Waals surface area (Å²) < 4.78 is 22.9. The van der Waals surface area contributed by atoms with E-state index in [0.29, 0.717) is 23.9 Å². The monoisotopic (exact) mass is 1250 g/mol. The molecule has 0 aliphatic heterocycles. The van der Waals surface area contributed by atoms with Gasteiger partial charge in [0.2, 0.25) is 0 Å². The minimum Gasteiger partial charge on any atom is -0.545 e. The highest BCUT2D eigenvalue weighted by atomic mass is 16.7. The van der Waals surface area contributed by atoms with Crippen LogP contribution in [-0.2, 0) is 33.3 Å². The average molecular weight is 1250 g/mol. The Morgan fingerprint density at radius 1 is 0.348 bits per heavy atom. The van der Waals surface area contributed by atoms with Crippen molar-refractivity contribution in [3.05, 3.63) is 85.1 Å². The molecule has 0 fully saturated rings. The number of carbonyl (C=O) groups excluding carboxylic acids is 3. The molecule has 0 N–H and O–H groups in total. The predicted octanol–water partition coefficient (Wildman–Crippen LogP) is 22.5. The zero-order valence-electron chi connectivity index (χ0n) is 59.0. The molecule has 0 aromatic carbocycles. The van der Waals surface area contributed by atoms with E-state index in [4.69, 9.17) is 18.9 Å². The number of unbranched alkanes of at least 4 members (excludes halogenated alkanes) is 41. The second-order valence-corrected chi connectivity index (χ2v) is 26.6. The zero-order chi connectivity index (χ0) is 64.7. The van der Waals surface area contributed by atoms with Crippen LogP contribution in [0.1, 0.15) is 348 Å². The summed E-state index contributed by atoms with van der Waals surface area (Å²) in [6.07, 6.45) is 92.5. The molecule has 0 saturated heterocycles. The van der Waals surface area contributed by atoms with Gasteiger partial charge in [0.05, 0.1) is 40.3 Å². The molecule has 0 bridgehead atoms. The highest BCUT2D eigenvalue weighted by Crippen LogP contribution is 2.18. The van der Waals surface area contributed by atoms with Crippen LogP contribution < -0.4 is 5.11 Å². The molecular weight excluding hydrogens is 1100 g/mol. The lowest BCUT2D eigenvalue weighted by molar-refractivity contribution is -0.870. The van der Waals surface area contributed by atoms with Gasteiger partial charge >= 0.3 is 11.9 Å². The summed E-state index contributed by atoms with van der Waals surface area (Å²) in [7, 11) is 5.94. The second kappa shape index (κ2) is 70.3. The number of hydrogen-bond acceptors (Lipinski definition) is 8. The van der Waals surface area contributed by atoms with E-state index in [1.165, 1.54) is 244 Å². The van der Waals surface area contributed by atoms with Gasteiger partial charge in [0.1, 0.15) is 13.2 Å². The molecule has 0 aromatic heterocycles. The molecule has 0 aliphatic rings. The largest absolute Gasteiger partial charge is 0.545 e. The third-order valence-corrected chi connectivity index (χ3v) is 16.6. The van der Waals surface area contributed by atoms with E-state index in [1.807, 2.05) is 21.1 Å². The van der Waals surface area contributed by atoms with Crippen LogP contribution in [0.25, 0.3) is 0 Å². The van der Waals surface area contributed by atoms with Gasteiger partial charge in [-0.3, -0.25) is 9.59 Å². The minimum atomic E-state index is -1.62. The van der Waals surface area contributed by atoms with Crippen molar-refractivity contribution in [3.63, 3.8) is 0 Å².